The lowest BCUT2D eigenvalue weighted by Gasteiger charge is -2.18. The number of rotatable bonds is 7. The predicted octanol–water partition coefficient (Wildman–Crippen LogP) is 2.73. The zero-order valence-electron chi connectivity index (χ0n) is 13.5. The highest BCUT2D eigenvalue weighted by molar-refractivity contribution is 5.94. The molecule has 0 spiro atoms. The number of aryl methyl sites for hydroxylation is 2. The molecule has 0 radical (unpaired) electrons. The minimum absolute atomic E-state index is 0.0293. The van der Waals surface area contributed by atoms with Crippen LogP contribution in [0.15, 0.2) is 35.5 Å². The first-order chi connectivity index (χ1) is 11.4. The molecular formula is C17H19FN4O2. The summed E-state index contributed by atoms with van der Waals surface area (Å²) in [6, 6.07) is 8.45. The largest absolute Gasteiger partial charge is 0.366 e. The number of primary amides is 1. The number of benzene rings is 1. The van der Waals surface area contributed by atoms with Crippen molar-refractivity contribution in [2.45, 2.75) is 26.3 Å². The lowest BCUT2D eigenvalue weighted by Crippen LogP contribution is -2.27. The fourth-order valence-corrected chi connectivity index (χ4v) is 2.38. The zero-order chi connectivity index (χ0) is 17.7. The lowest BCUT2D eigenvalue weighted by molar-refractivity contribution is 0.0999. The lowest BCUT2D eigenvalue weighted by atomic mass is 10.0. The SMILES string of the molecule is Cc1ccc(CC(CN=O)Nc2nc(C)c(C(N)=O)cc2F)cc1. The highest BCUT2D eigenvalue weighted by atomic mass is 19.1. The summed E-state index contributed by atoms with van der Waals surface area (Å²) in [6.07, 6.45) is 0.490. The van der Waals surface area contributed by atoms with E-state index in [-0.39, 0.29) is 17.9 Å². The Hall–Kier alpha value is -2.83. The molecule has 24 heavy (non-hydrogen) atoms. The van der Waals surface area contributed by atoms with E-state index in [0.29, 0.717) is 12.1 Å². The van der Waals surface area contributed by atoms with Crippen LogP contribution < -0.4 is 11.1 Å². The molecule has 6 nitrogen and oxygen atoms in total. The van der Waals surface area contributed by atoms with Gasteiger partial charge in [-0.15, -0.1) is 0 Å². The van der Waals surface area contributed by atoms with Crippen LogP contribution >= 0.6 is 0 Å². The van der Waals surface area contributed by atoms with Crippen LogP contribution in [0.4, 0.5) is 10.2 Å². The van der Waals surface area contributed by atoms with E-state index in [0.717, 1.165) is 17.2 Å². The van der Waals surface area contributed by atoms with Gasteiger partial charge < -0.3 is 11.1 Å². The van der Waals surface area contributed by atoms with Gasteiger partial charge in [-0.2, -0.15) is 4.91 Å². The first kappa shape index (κ1) is 17.5. The van der Waals surface area contributed by atoms with Gasteiger partial charge in [0.15, 0.2) is 11.6 Å². The average Bonchev–Trinajstić information content (AvgIpc) is 2.52. The number of nitrogens with zero attached hydrogens (tertiary/aromatic N) is 2. The third-order valence-electron chi connectivity index (χ3n) is 3.67. The molecule has 7 heteroatoms. The van der Waals surface area contributed by atoms with Crippen LogP contribution in [0.1, 0.15) is 27.2 Å². The van der Waals surface area contributed by atoms with Crippen LogP contribution in [0, 0.1) is 24.6 Å². The Morgan fingerprint density at radius 3 is 2.58 bits per heavy atom. The zero-order valence-corrected chi connectivity index (χ0v) is 13.5. The molecule has 0 aliphatic carbocycles. The Kier molecular flexibility index (Phi) is 5.57. The van der Waals surface area contributed by atoms with E-state index in [4.69, 9.17) is 5.73 Å². The molecule has 0 fully saturated rings. The van der Waals surface area contributed by atoms with E-state index >= 15 is 0 Å². The molecule has 2 aromatic rings. The number of carbonyl (C=O) groups excluding carboxylic acids is 1. The fourth-order valence-electron chi connectivity index (χ4n) is 2.38. The van der Waals surface area contributed by atoms with Gasteiger partial charge in [0.2, 0.25) is 0 Å². The van der Waals surface area contributed by atoms with Gasteiger partial charge in [-0.05, 0) is 31.9 Å². The van der Waals surface area contributed by atoms with Crippen molar-refractivity contribution in [2.24, 2.45) is 10.9 Å². The minimum atomic E-state index is -0.740. The predicted molar refractivity (Wildman–Crippen MR) is 90.4 cm³/mol. The van der Waals surface area contributed by atoms with E-state index < -0.39 is 17.8 Å². The summed E-state index contributed by atoms with van der Waals surface area (Å²) >= 11 is 0. The Labute approximate surface area is 139 Å². The molecule has 126 valence electrons. The van der Waals surface area contributed by atoms with Gasteiger partial charge in [0.1, 0.15) is 6.54 Å². The maximum absolute atomic E-state index is 14.1. The quantitative estimate of drug-likeness (QED) is 0.763. The second-order valence-corrected chi connectivity index (χ2v) is 5.66. The van der Waals surface area contributed by atoms with Crippen LogP contribution in [-0.4, -0.2) is 23.5 Å². The Bertz CT molecular complexity index is 747. The van der Waals surface area contributed by atoms with Gasteiger partial charge in [0.05, 0.1) is 17.3 Å². The molecule has 1 atom stereocenters. The molecule has 2 rings (SSSR count). The molecule has 1 amide bonds. The Balaban J connectivity index is 2.21. The summed E-state index contributed by atoms with van der Waals surface area (Å²) in [7, 11) is 0. The highest BCUT2D eigenvalue weighted by Gasteiger charge is 2.17. The Morgan fingerprint density at radius 1 is 1.33 bits per heavy atom. The topological polar surface area (TPSA) is 97.4 Å². The van der Waals surface area contributed by atoms with Crippen molar-refractivity contribution >= 4 is 11.7 Å². The molecule has 1 aromatic carbocycles. The van der Waals surface area contributed by atoms with Gasteiger partial charge in [-0.25, -0.2) is 9.37 Å². The summed E-state index contributed by atoms with van der Waals surface area (Å²) < 4.78 is 14.1. The molecule has 1 unspecified atom stereocenters. The van der Waals surface area contributed by atoms with Crippen molar-refractivity contribution in [1.82, 2.24) is 4.98 Å². The summed E-state index contributed by atoms with van der Waals surface area (Å²) in [4.78, 5) is 25.9. The van der Waals surface area contributed by atoms with Gasteiger partial charge in [-0.1, -0.05) is 35.0 Å². The van der Waals surface area contributed by atoms with Gasteiger partial charge >= 0.3 is 0 Å². The first-order valence-electron chi connectivity index (χ1n) is 7.49. The van der Waals surface area contributed by atoms with E-state index in [1.54, 1.807) is 6.92 Å². The number of aromatic nitrogens is 1. The van der Waals surface area contributed by atoms with Crippen LogP contribution in [0.25, 0.3) is 0 Å². The van der Waals surface area contributed by atoms with Crippen LogP contribution in [0.5, 0.6) is 0 Å². The molecule has 0 saturated carbocycles. The average molecular weight is 330 g/mol. The van der Waals surface area contributed by atoms with Crippen molar-refractivity contribution in [3.8, 4) is 0 Å². The first-order valence-corrected chi connectivity index (χ1v) is 7.49. The number of halogens is 1. The summed E-state index contributed by atoms with van der Waals surface area (Å²) in [6.45, 7) is 3.51. The number of hydrogen-bond donors (Lipinski definition) is 2. The monoisotopic (exact) mass is 330 g/mol. The van der Waals surface area contributed by atoms with Gasteiger partial charge in [-0.3, -0.25) is 4.79 Å². The van der Waals surface area contributed by atoms with Crippen molar-refractivity contribution < 1.29 is 9.18 Å². The van der Waals surface area contributed by atoms with E-state index in [2.05, 4.69) is 15.5 Å². The number of anilines is 1. The summed E-state index contributed by atoms with van der Waals surface area (Å²) in [5, 5.41) is 5.79. The van der Waals surface area contributed by atoms with Gasteiger partial charge in [0, 0.05) is 0 Å². The molecule has 0 bridgehead atoms. The molecular weight excluding hydrogens is 311 g/mol. The van der Waals surface area contributed by atoms with Crippen molar-refractivity contribution in [3.63, 3.8) is 0 Å². The fraction of sp³-hybridized carbons (Fsp3) is 0.294. The number of nitroso groups, excluding NO2 is 1. The van der Waals surface area contributed by atoms with Gasteiger partial charge in [0.25, 0.3) is 5.91 Å². The number of carbonyl (C=O) groups is 1. The van der Waals surface area contributed by atoms with Crippen molar-refractivity contribution in [3.05, 3.63) is 63.4 Å². The summed E-state index contributed by atoms with van der Waals surface area (Å²) in [5.74, 6) is -1.47. The maximum atomic E-state index is 14.1. The highest BCUT2D eigenvalue weighted by Crippen LogP contribution is 2.18. The number of nitrogens with one attached hydrogen (secondary N) is 1. The molecule has 0 aliphatic rings. The molecule has 3 N–H and O–H groups in total. The smallest absolute Gasteiger partial charge is 0.250 e. The second-order valence-electron chi connectivity index (χ2n) is 5.66. The van der Waals surface area contributed by atoms with Crippen LogP contribution in [-0.2, 0) is 6.42 Å². The van der Waals surface area contributed by atoms with E-state index in [1.165, 1.54) is 0 Å². The third-order valence-corrected chi connectivity index (χ3v) is 3.67. The van der Waals surface area contributed by atoms with E-state index in [1.807, 2.05) is 31.2 Å². The summed E-state index contributed by atoms with van der Waals surface area (Å²) in [5.41, 5.74) is 7.64. The molecule has 0 saturated heterocycles. The number of pyridine rings is 1. The maximum Gasteiger partial charge on any atom is 0.250 e. The van der Waals surface area contributed by atoms with Crippen LogP contribution in [0.3, 0.4) is 0 Å². The molecule has 0 aliphatic heterocycles. The standard InChI is InChI=1S/C17H19FN4O2/c1-10-3-5-12(6-4-10)7-13(9-20-24)22-17-15(18)8-14(16(19)23)11(2)21-17/h3-6,8,13H,7,9H2,1-2H3,(H2,19,23)(H,21,22). The third kappa shape index (κ3) is 4.34. The number of hydrogen-bond acceptors (Lipinski definition) is 5. The Morgan fingerprint density at radius 2 is 2.00 bits per heavy atom. The van der Waals surface area contributed by atoms with Crippen LogP contribution in [0.2, 0.25) is 0 Å². The second kappa shape index (κ2) is 7.63. The van der Waals surface area contributed by atoms with E-state index in [9.17, 15) is 14.1 Å². The molecule has 1 aromatic heterocycles. The number of nitrogens with two attached hydrogens (primary N) is 1. The number of amides is 1. The molecule has 1 heterocycles. The van der Waals surface area contributed by atoms with Crippen molar-refractivity contribution in [1.29, 1.82) is 0 Å². The normalized spacial score (nSPS) is 11.8. The van der Waals surface area contributed by atoms with Crippen molar-refractivity contribution in [2.75, 3.05) is 11.9 Å². The minimum Gasteiger partial charge on any atom is -0.366 e.